The monoisotopic (exact) mass is 228 g/mol. The molecular weight excluding hydrogens is 208 g/mol. The third kappa shape index (κ3) is 2.18. The number of fused-ring (bicyclic) bond motifs is 1. The second-order valence-electron chi connectivity index (χ2n) is 5.43. The van der Waals surface area contributed by atoms with Crippen molar-refractivity contribution >= 4 is 10.9 Å². The normalized spacial score (nSPS) is 12.1. The van der Waals surface area contributed by atoms with Crippen molar-refractivity contribution < 1.29 is 0 Å². The van der Waals surface area contributed by atoms with Crippen LogP contribution < -0.4 is 5.73 Å². The van der Waals surface area contributed by atoms with Gasteiger partial charge in [-0.25, -0.2) is 0 Å². The van der Waals surface area contributed by atoms with Gasteiger partial charge in [-0.2, -0.15) is 0 Å². The van der Waals surface area contributed by atoms with Crippen LogP contribution >= 0.6 is 0 Å². The third-order valence-electron chi connectivity index (χ3n) is 3.36. The minimum Gasteiger partial charge on any atom is -0.330 e. The molecule has 0 saturated carbocycles. The summed E-state index contributed by atoms with van der Waals surface area (Å²) in [6.45, 7) is 9.10. The number of aryl methyl sites for hydroxylation is 2. The Hall–Kier alpha value is -1.41. The first kappa shape index (κ1) is 12.1. The Labute approximate surface area is 103 Å². The lowest BCUT2D eigenvalue weighted by atomic mass is 9.88. The van der Waals surface area contributed by atoms with Crippen LogP contribution in [0.5, 0.6) is 0 Å². The smallest absolute Gasteiger partial charge is 0.0710 e. The number of aromatic nitrogens is 1. The minimum absolute atomic E-state index is 0.0636. The molecule has 1 aromatic heterocycles. The Kier molecular flexibility index (Phi) is 2.92. The summed E-state index contributed by atoms with van der Waals surface area (Å²) in [4.78, 5) is 4.76. The fourth-order valence-corrected chi connectivity index (χ4v) is 2.08. The molecule has 0 aliphatic carbocycles. The summed E-state index contributed by atoms with van der Waals surface area (Å²) in [6.07, 6.45) is 0. The maximum absolute atomic E-state index is 5.80. The van der Waals surface area contributed by atoms with Gasteiger partial charge in [0.1, 0.15) is 0 Å². The van der Waals surface area contributed by atoms with E-state index in [1.54, 1.807) is 0 Å². The molecule has 2 N–H and O–H groups in total. The minimum atomic E-state index is -0.0636. The van der Waals surface area contributed by atoms with Crippen molar-refractivity contribution in [2.75, 3.05) is 6.54 Å². The van der Waals surface area contributed by atoms with E-state index in [4.69, 9.17) is 10.7 Å². The van der Waals surface area contributed by atoms with Crippen LogP contribution in [0.3, 0.4) is 0 Å². The van der Waals surface area contributed by atoms with Crippen LogP contribution in [0.25, 0.3) is 10.9 Å². The van der Waals surface area contributed by atoms with Gasteiger partial charge in [-0.1, -0.05) is 26.0 Å². The number of hydrogen-bond donors (Lipinski definition) is 1. The molecule has 0 atom stereocenters. The molecule has 0 radical (unpaired) electrons. The molecule has 0 aliphatic heterocycles. The van der Waals surface area contributed by atoms with E-state index in [-0.39, 0.29) is 5.41 Å². The molecule has 1 aromatic carbocycles. The summed E-state index contributed by atoms with van der Waals surface area (Å²) >= 11 is 0. The van der Waals surface area contributed by atoms with E-state index in [9.17, 15) is 0 Å². The molecule has 2 rings (SSSR count). The second kappa shape index (κ2) is 4.11. The van der Waals surface area contributed by atoms with Gasteiger partial charge < -0.3 is 5.73 Å². The quantitative estimate of drug-likeness (QED) is 0.858. The molecular formula is C15H20N2. The summed E-state index contributed by atoms with van der Waals surface area (Å²) in [6, 6.07) is 8.58. The average Bonchev–Trinajstić information content (AvgIpc) is 2.28. The van der Waals surface area contributed by atoms with Crippen LogP contribution in [0, 0.1) is 13.8 Å². The predicted molar refractivity (Wildman–Crippen MR) is 73.3 cm³/mol. The molecule has 2 aromatic rings. The molecule has 0 fully saturated rings. The molecule has 1 heterocycles. The number of benzene rings is 1. The fourth-order valence-electron chi connectivity index (χ4n) is 2.08. The van der Waals surface area contributed by atoms with Crippen molar-refractivity contribution in [2.24, 2.45) is 5.73 Å². The molecule has 0 aliphatic rings. The van der Waals surface area contributed by atoms with Crippen LogP contribution in [-0.2, 0) is 5.41 Å². The highest BCUT2D eigenvalue weighted by atomic mass is 14.7. The Morgan fingerprint density at radius 1 is 1.18 bits per heavy atom. The van der Waals surface area contributed by atoms with Crippen LogP contribution in [0.15, 0.2) is 24.3 Å². The van der Waals surface area contributed by atoms with Gasteiger partial charge in [0.05, 0.1) is 5.52 Å². The molecule has 2 nitrogen and oxygen atoms in total. The second-order valence-corrected chi connectivity index (χ2v) is 5.43. The Balaban J connectivity index is 2.66. The predicted octanol–water partition coefficient (Wildman–Crippen LogP) is 3.09. The number of hydrogen-bond acceptors (Lipinski definition) is 2. The molecule has 0 saturated heterocycles. The summed E-state index contributed by atoms with van der Waals surface area (Å²) in [7, 11) is 0. The van der Waals surface area contributed by atoms with Gasteiger partial charge in [0, 0.05) is 23.0 Å². The number of pyridine rings is 1. The first-order valence-electron chi connectivity index (χ1n) is 6.02. The molecule has 90 valence electrons. The van der Waals surface area contributed by atoms with E-state index in [0.29, 0.717) is 6.54 Å². The number of nitrogens with two attached hydrogens (primary N) is 1. The fraction of sp³-hybridized carbons (Fsp3) is 0.400. The molecule has 0 amide bonds. The number of nitrogens with zero attached hydrogens (tertiary/aromatic N) is 1. The van der Waals surface area contributed by atoms with Crippen molar-refractivity contribution in [3.63, 3.8) is 0 Å². The highest BCUT2D eigenvalue weighted by molar-refractivity contribution is 5.83. The summed E-state index contributed by atoms with van der Waals surface area (Å²) in [5.74, 6) is 0. The highest BCUT2D eigenvalue weighted by Gasteiger charge is 2.20. The summed E-state index contributed by atoms with van der Waals surface area (Å²) in [5.41, 5.74) is 10.4. The SMILES string of the molecule is Cc1cc(C)c2ccc(C(C)(C)CN)nc2c1. The van der Waals surface area contributed by atoms with Crippen molar-refractivity contribution in [3.8, 4) is 0 Å². The van der Waals surface area contributed by atoms with Gasteiger partial charge in [0.2, 0.25) is 0 Å². The first-order chi connectivity index (χ1) is 7.94. The van der Waals surface area contributed by atoms with Gasteiger partial charge in [-0.05, 0) is 37.1 Å². The van der Waals surface area contributed by atoms with Crippen molar-refractivity contribution in [2.45, 2.75) is 33.1 Å². The maximum atomic E-state index is 5.80. The lowest BCUT2D eigenvalue weighted by Crippen LogP contribution is -2.29. The van der Waals surface area contributed by atoms with Gasteiger partial charge >= 0.3 is 0 Å². The van der Waals surface area contributed by atoms with E-state index in [1.165, 1.54) is 16.5 Å². The Morgan fingerprint density at radius 3 is 2.53 bits per heavy atom. The summed E-state index contributed by atoms with van der Waals surface area (Å²) < 4.78 is 0. The zero-order chi connectivity index (χ0) is 12.6. The molecule has 2 heteroatoms. The van der Waals surface area contributed by atoms with E-state index >= 15 is 0 Å². The lowest BCUT2D eigenvalue weighted by molar-refractivity contribution is 0.524. The standard InChI is InChI=1S/C15H20N2/c1-10-7-11(2)12-5-6-14(15(3,4)9-16)17-13(12)8-10/h5-8H,9,16H2,1-4H3. The zero-order valence-corrected chi connectivity index (χ0v) is 11.0. The van der Waals surface area contributed by atoms with E-state index in [0.717, 1.165) is 11.2 Å². The third-order valence-corrected chi connectivity index (χ3v) is 3.36. The largest absolute Gasteiger partial charge is 0.330 e. The Morgan fingerprint density at radius 2 is 1.88 bits per heavy atom. The number of rotatable bonds is 2. The molecule has 0 spiro atoms. The van der Waals surface area contributed by atoms with Crippen LogP contribution in [0.2, 0.25) is 0 Å². The van der Waals surface area contributed by atoms with Crippen molar-refractivity contribution in [1.82, 2.24) is 4.98 Å². The van der Waals surface area contributed by atoms with Gasteiger partial charge in [-0.3, -0.25) is 4.98 Å². The topological polar surface area (TPSA) is 38.9 Å². The van der Waals surface area contributed by atoms with Gasteiger partial charge in [0.15, 0.2) is 0 Å². The summed E-state index contributed by atoms with van der Waals surface area (Å²) in [5, 5.41) is 1.23. The lowest BCUT2D eigenvalue weighted by Gasteiger charge is -2.22. The molecule has 0 unspecified atom stereocenters. The molecule has 0 bridgehead atoms. The first-order valence-corrected chi connectivity index (χ1v) is 6.02. The van der Waals surface area contributed by atoms with Crippen molar-refractivity contribution in [3.05, 3.63) is 41.1 Å². The van der Waals surface area contributed by atoms with E-state index < -0.39 is 0 Å². The van der Waals surface area contributed by atoms with Crippen LogP contribution in [0.4, 0.5) is 0 Å². The van der Waals surface area contributed by atoms with E-state index in [2.05, 4.69) is 52.0 Å². The maximum Gasteiger partial charge on any atom is 0.0710 e. The van der Waals surface area contributed by atoms with E-state index in [1.807, 2.05) is 0 Å². The Bertz CT molecular complexity index is 556. The average molecular weight is 228 g/mol. The van der Waals surface area contributed by atoms with Gasteiger partial charge in [-0.15, -0.1) is 0 Å². The van der Waals surface area contributed by atoms with Gasteiger partial charge in [0.25, 0.3) is 0 Å². The van der Waals surface area contributed by atoms with Crippen molar-refractivity contribution in [1.29, 1.82) is 0 Å². The highest BCUT2D eigenvalue weighted by Crippen LogP contribution is 2.25. The zero-order valence-electron chi connectivity index (χ0n) is 11.0. The molecule has 17 heavy (non-hydrogen) atoms. The van der Waals surface area contributed by atoms with Crippen LogP contribution in [0.1, 0.15) is 30.7 Å². The van der Waals surface area contributed by atoms with Crippen LogP contribution in [-0.4, -0.2) is 11.5 Å².